The Labute approximate surface area is 234 Å². The summed E-state index contributed by atoms with van der Waals surface area (Å²) in [6.07, 6.45) is 3.12. The quantitative estimate of drug-likeness (QED) is 0.293. The van der Waals surface area contributed by atoms with Gasteiger partial charge in [-0.25, -0.2) is 4.79 Å². The number of nitrogens with one attached hydrogen (secondary N) is 1. The van der Waals surface area contributed by atoms with Gasteiger partial charge in [0.15, 0.2) is 0 Å². The van der Waals surface area contributed by atoms with Crippen molar-refractivity contribution in [1.82, 2.24) is 9.88 Å². The number of fused-ring (bicyclic) bond motifs is 2. The van der Waals surface area contributed by atoms with Crippen LogP contribution in [0.25, 0.3) is 10.9 Å². The number of carboxylic acids is 1. The first-order valence-electron chi connectivity index (χ1n) is 11.8. The van der Waals surface area contributed by atoms with E-state index in [4.69, 9.17) is 5.11 Å². The van der Waals surface area contributed by atoms with E-state index in [-0.39, 0.29) is 50.1 Å². The van der Waals surface area contributed by atoms with E-state index in [0.717, 1.165) is 36.0 Å². The first-order chi connectivity index (χ1) is 16.9. The van der Waals surface area contributed by atoms with E-state index in [2.05, 4.69) is 30.1 Å². The van der Waals surface area contributed by atoms with Gasteiger partial charge in [0.05, 0.1) is 16.7 Å². The molecule has 1 aliphatic heterocycles. The Bertz CT molecular complexity index is 1420. The molecule has 5 rings (SSSR count). The average Bonchev–Trinajstić information content (AvgIpc) is 3.32. The number of aromatic carboxylic acids is 1. The molecule has 6 nitrogen and oxygen atoms in total. The summed E-state index contributed by atoms with van der Waals surface area (Å²) >= 11 is 0. The summed E-state index contributed by atoms with van der Waals surface area (Å²) in [5, 5.41) is 10.3. The minimum atomic E-state index is -0.923. The summed E-state index contributed by atoms with van der Waals surface area (Å²) < 4.78 is 0. The maximum Gasteiger partial charge on any atom is 0.335 e. The van der Waals surface area contributed by atoms with E-state index in [1.165, 1.54) is 21.4 Å². The maximum atomic E-state index is 12.8. The molecule has 3 aromatic carbocycles. The second-order valence-electron chi connectivity index (χ2n) is 9.04. The molecule has 1 aliphatic rings. The average molecular weight is 555 g/mol. The van der Waals surface area contributed by atoms with Crippen molar-refractivity contribution in [2.75, 3.05) is 6.54 Å². The van der Waals surface area contributed by atoms with Crippen molar-refractivity contribution in [3.8, 4) is 0 Å². The van der Waals surface area contributed by atoms with Crippen LogP contribution < -0.4 is 0 Å². The SMILES string of the molecule is Cc1ccc2[nH]c(CCN3C(=O)c4ccccc4C3=O)c(CCCc3ccc(C(=O)O)cc3)c2c1.[Y]. The molecule has 1 aromatic heterocycles. The van der Waals surface area contributed by atoms with Crippen molar-refractivity contribution in [1.29, 1.82) is 0 Å². The second-order valence-corrected chi connectivity index (χ2v) is 9.04. The smallest absolute Gasteiger partial charge is 0.335 e. The van der Waals surface area contributed by atoms with Gasteiger partial charge in [-0.05, 0) is 73.7 Å². The fourth-order valence-corrected chi connectivity index (χ4v) is 4.87. The van der Waals surface area contributed by atoms with Gasteiger partial charge in [-0.2, -0.15) is 0 Å². The van der Waals surface area contributed by atoms with Gasteiger partial charge in [0.1, 0.15) is 0 Å². The molecule has 0 unspecified atom stereocenters. The maximum absolute atomic E-state index is 12.8. The Kier molecular flexibility index (Phi) is 7.86. The van der Waals surface area contributed by atoms with E-state index in [0.29, 0.717) is 24.1 Å². The number of amides is 2. The van der Waals surface area contributed by atoms with Crippen LogP contribution >= 0.6 is 0 Å². The van der Waals surface area contributed by atoms with Crippen molar-refractivity contribution in [2.24, 2.45) is 0 Å². The van der Waals surface area contributed by atoms with Gasteiger partial charge in [0.25, 0.3) is 11.8 Å². The number of carbonyl (C=O) groups is 3. The molecule has 7 heteroatoms. The van der Waals surface area contributed by atoms with Crippen LogP contribution in [0.2, 0.25) is 0 Å². The van der Waals surface area contributed by atoms with E-state index >= 15 is 0 Å². The van der Waals surface area contributed by atoms with Crippen LogP contribution in [-0.4, -0.2) is 39.3 Å². The van der Waals surface area contributed by atoms with Gasteiger partial charge in [-0.1, -0.05) is 35.9 Å². The molecule has 2 N–H and O–H groups in total. The molecule has 0 aliphatic carbocycles. The zero-order valence-electron chi connectivity index (χ0n) is 20.1. The van der Waals surface area contributed by atoms with Crippen LogP contribution in [0.15, 0.2) is 66.7 Å². The number of H-pyrrole nitrogens is 1. The Hall–Kier alpha value is -3.09. The zero-order valence-corrected chi connectivity index (χ0v) is 22.9. The normalized spacial score (nSPS) is 12.6. The number of benzene rings is 3. The molecule has 0 atom stereocenters. The molecule has 0 spiro atoms. The number of hydrogen-bond donors (Lipinski definition) is 2. The summed E-state index contributed by atoms with van der Waals surface area (Å²) in [4.78, 5) is 41.5. The van der Waals surface area contributed by atoms with Crippen molar-refractivity contribution in [3.05, 3.63) is 106 Å². The molecule has 2 heterocycles. The number of aryl methyl sites for hydroxylation is 3. The van der Waals surface area contributed by atoms with Gasteiger partial charge in [0.2, 0.25) is 0 Å². The van der Waals surface area contributed by atoms with E-state index in [1.807, 2.05) is 12.1 Å². The van der Waals surface area contributed by atoms with Crippen LogP contribution in [0.3, 0.4) is 0 Å². The van der Waals surface area contributed by atoms with Gasteiger partial charge < -0.3 is 10.1 Å². The van der Waals surface area contributed by atoms with Crippen LogP contribution in [0, 0.1) is 6.92 Å². The molecule has 1 radical (unpaired) electrons. The van der Waals surface area contributed by atoms with Gasteiger partial charge in [-0.3, -0.25) is 14.5 Å². The predicted molar refractivity (Wildman–Crippen MR) is 134 cm³/mol. The zero-order chi connectivity index (χ0) is 24.5. The number of nitrogens with zero attached hydrogens (tertiary/aromatic N) is 1. The summed E-state index contributed by atoms with van der Waals surface area (Å²) in [6, 6.07) is 20.3. The number of hydrogen-bond acceptors (Lipinski definition) is 3. The van der Waals surface area contributed by atoms with Crippen molar-refractivity contribution in [3.63, 3.8) is 0 Å². The molecule has 0 saturated carbocycles. The molecule has 36 heavy (non-hydrogen) atoms. The monoisotopic (exact) mass is 555 g/mol. The number of rotatable bonds is 8. The molecule has 0 fully saturated rings. The summed E-state index contributed by atoms with van der Waals surface area (Å²) in [7, 11) is 0. The van der Waals surface area contributed by atoms with Crippen LogP contribution in [0.5, 0.6) is 0 Å². The third-order valence-corrected chi connectivity index (χ3v) is 6.71. The second kappa shape index (κ2) is 10.9. The minimum Gasteiger partial charge on any atom is -0.478 e. The fourth-order valence-electron chi connectivity index (χ4n) is 4.87. The van der Waals surface area contributed by atoms with Crippen LogP contribution in [-0.2, 0) is 52.0 Å². The molecule has 4 aromatic rings. The van der Waals surface area contributed by atoms with Crippen molar-refractivity contribution >= 4 is 28.7 Å². The Balaban J connectivity index is 0.00000304. The minimum absolute atomic E-state index is 0. The summed E-state index contributed by atoms with van der Waals surface area (Å²) in [5.74, 6) is -1.39. The topological polar surface area (TPSA) is 90.5 Å². The molecule has 179 valence electrons. The number of carbonyl (C=O) groups excluding carboxylic acids is 2. The van der Waals surface area contributed by atoms with Crippen molar-refractivity contribution < 1.29 is 52.2 Å². The molecule has 2 amide bonds. The number of imide groups is 1. The van der Waals surface area contributed by atoms with Gasteiger partial charge in [0, 0.05) is 62.3 Å². The summed E-state index contributed by atoms with van der Waals surface area (Å²) in [5.41, 5.74) is 6.81. The Morgan fingerprint density at radius 2 is 1.56 bits per heavy atom. The molecule has 0 saturated heterocycles. The third kappa shape index (κ3) is 5.06. The number of carboxylic acid groups (broad SMARTS) is 1. The Morgan fingerprint density at radius 1 is 0.889 bits per heavy atom. The molecule has 0 bridgehead atoms. The molecular formula is C29H26N2O4Y. The van der Waals surface area contributed by atoms with Gasteiger partial charge >= 0.3 is 5.97 Å². The van der Waals surface area contributed by atoms with E-state index in [9.17, 15) is 14.4 Å². The predicted octanol–water partition coefficient (Wildman–Crippen LogP) is 5.19. The molecular weight excluding hydrogens is 529 g/mol. The van der Waals surface area contributed by atoms with Gasteiger partial charge in [-0.15, -0.1) is 0 Å². The number of aromatic nitrogens is 1. The first kappa shape index (κ1) is 26.0. The number of aromatic amines is 1. The van der Waals surface area contributed by atoms with E-state index < -0.39 is 5.97 Å². The standard InChI is InChI=1S/C29H26N2O4.Y/c1-18-9-14-25-24(17-18)21(8-4-5-19-10-12-20(13-11-19)29(34)35)26(30-25)15-16-31-27(32)22-6-2-3-7-23(22)28(31)33;/h2-3,6-7,9-14,17,30H,4-5,8,15-16H2,1H3,(H,34,35);. The largest absolute Gasteiger partial charge is 0.478 e. The first-order valence-corrected chi connectivity index (χ1v) is 11.8. The third-order valence-electron chi connectivity index (χ3n) is 6.71. The Morgan fingerprint density at radius 3 is 2.19 bits per heavy atom. The van der Waals surface area contributed by atoms with Crippen molar-refractivity contribution in [2.45, 2.75) is 32.6 Å². The van der Waals surface area contributed by atoms with E-state index in [1.54, 1.807) is 36.4 Å². The van der Waals surface area contributed by atoms with Crippen LogP contribution in [0.1, 0.15) is 59.9 Å². The summed E-state index contributed by atoms with van der Waals surface area (Å²) in [6.45, 7) is 2.39. The van der Waals surface area contributed by atoms with Crippen LogP contribution in [0.4, 0.5) is 0 Å². The fraction of sp³-hybridized carbons (Fsp3) is 0.207.